The number of hydrogen-bond donors (Lipinski definition) is 2. The maximum absolute atomic E-state index is 12.0. The highest BCUT2D eigenvalue weighted by atomic mass is 19.2. The largest absolute Gasteiger partial charge is 0.469 e. The summed E-state index contributed by atoms with van der Waals surface area (Å²) in [5.41, 5.74) is 0.633. The SMILES string of the molecule is COC(=O)CC(O)(CCNF)c1ccccc1. The molecule has 0 saturated carbocycles. The zero-order valence-corrected chi connectivity index (χ0v) is 9.65. The van der Waals surface area contributed by atoms with E-state index in [0.717, 1.165) is 0 Å². The number of hydrogen-bond acceptors (Lipinski definition) is 4. The Morgan fingerprint density at radius 1 is 1.47 bits per heavy atom. The third-order valence-electron chi connectivity index (χ3n) is 2.61. The molecule has 1 aromatic rings. The predicted molar refractivity (Wildman–Crippen MR) is 60.7 cm³/mol. The van der Waals surface area contributed by atoms with Crippen LogP contribution in [0, 0.1) is 0 Å². The van der Waals surface area contributed by atoms with Gasteiger partial charge in [0.2, 0.25) is 0 Å². The molecule has 0 heterocycles. The summed E-state index contributed by atoms with van der Waals surface area (Å²) in [6.07, 6.45) is -0.113. The summed E-state index contributed by atoms with van der Waals surface area (Å²) < 4.78 is 16.5. The molecule has 5 heteroatoms. The normalized spacial score (nSPS) is 14.1. The molecule has 0 aliphatic heterocycles. The molecule has 0 amide bonds. The van der Waals surface area contributed by atoms with Crippen LogP contribution in [-0.2, 0) is 15.1 Å². The van der Waals surface area contributed by atoms with Gasteiger partial charge in [-0.25, -0.2) is 0 Å². The lowest BCUT2D eigenvalue weighted by Crippen LogP contribution is -2.32. The number of methoxy groups -OCH3 is 1. The topological polar surface area (TPSA) is 58.6 Å². The van der Waals surface area contributed by atoms with Crippen LogP contribution in [0.4, 0.5) is 4.48 Å². The van der Waals surface area contributed by atoms with E-state index >= 15 is 0 Å². The van der Waals surface area contributed by atoms with E-state index in [9.17, 15) is 14.4 Å². The highest BCUT2D eigenvalue weighted by Crippen LogP contribution is 2.28. The van der Waals surface area contributed by atoms with Gasteiger partial charge in [0.1, 0.15) is 5.60 Å². The average Bonchev–Trinajstić information content (AvgIpc) is 2.37. The van der Waals surface area contributed by atoms with Crippen LogP contribution in [0.25, 0.3) is 0 Å². The van der Waals surface area contributed by atoms with E-state index < -0.39 is 11.6 Å². The zero-order valence-electron chi connectivity index (χ0n) is 9.65. The molecule has 1 aromatic carbocycles. The van der Waals surface area contributed by atoms with Gasteiger partial charge in [0.15, 0.2) is 0 Å². The number of carbonyl (C=O) groups excluding carboxylic acids is 1. The molecule has 1 rings (SSSR count). The van der Waals surface area contributed by atoms with Crippen molar-refractivity contribution in [1.29, 1.82) is 0 Å². The number of ether oxygens (including phenoxy) is 1. The number of esters is 1. The highest BCUT2D eigenvalue weighted by molar-refractivity contribution is 5.70. The number of carbonyl (C=O) groups is 1. The van der Waals surface area contributed by atoms with Crippen LogP contribution in [0.15, 0.2) is 30.3 Å². The Bertz CT molecular complexity index is 358. The molecule has 0 aromatic heterocycles. The van der Waals surface area contributed by atoms with Crippen LogP contribution in [0.5, 0.6) is 0 Å². The molecule has 2 N–H and O–H groups in total. The third-order valence-corrected chi connectivity index (χ3v) is 2.61. The lowest BCUT2D eigenvalue weighted by molar-refractivity contribution is -0.147. The summed E-state index contributed by atoms with van der Waals surface area (Å²) in [5.74, 6) is -0.532. The highest BCUT2D eigenvalue weighted by Gasteiger charge is 2.32. The fourth-order valence-corrected chi connectivity index (χ4v) is 1.65. The minimum atomic E-state index is -1.41. The lowest BCUT2D eigenvalue weighted by atomic mass is 9.87. The number of aliphatic hydroxyl groups is 1. The Hall–Kier alpha value is -1.46. The first kappa shape index (κ1) is 13.6. The van der Waals surface area contributed by atoms with E-state index in [1.165, 1.54) is 12.6 Å². The number of nitrogens with one attached hydrogen (secondary N) is 1. The molecule has 1 unspecified atom stereocenters. The molecule has 0 radical (unpaired) electrons. The van der Waals surface area contributed by atoms with Crippen molar-refractivity contribution in [3.8, 4) is 0 Å². The van der Waals surface area contributed by atoms with Gasteiger partial charge < -0.3 is 9.84 Å². The van der Waals surface area contributed by atoms with Crippen molar-refractivity contribution in [3.05, 3.63) is 35.9 Å². The van der Waals surface area contributed by atoms with Crippen LogP contribution < -0.4 is 5.54 Å². The maximum atomic E-state index is 12.0. The summed E-state index contributed by atoms with van der Waals surface area (Å²) in [5, 5.41) is 10.4. The van der Waals surface area contributed by atoms with Gasteiger partial charge in [-0.05, 0) is 12.0 Å². The molecule has 94 valence electrons. The second-order valence-corrected chi connectivity index (χ2v) is 3.78. The van der Waals surface area contributed by atoms with E-state index in [0.29, 0.717) is 5.56 Å². The maximum Gasteiger partial charge on any atom is 0.308 e. The van der Waals surface area contributed by atoms with Crippen LogP contribution >= 0.6 is 0 Å². The summed E-state index contributed by atoms with van der Waals surface area (Å²) >= 11 is 0. The molecule has 17 heavy (non-hydrogen) atoms. The van der Waals surface area contributed by atoms with Gasteiger partial charge in [0.05, 0.1) is 13.5 Å². The molecule has 0 fully saturated rings. The monoisotopic (exact) mass is 241 g/mol. The third kappa shape index (κ3) is 3.80. The fraction of sp³-hybridized carbons (Fsp3) is 0.417. The molecule has 1 atom stereocenters. The molecular formula is C12H16FNO3. The van der Waals surface area contributed by atoms with Crippen molar-refractivity contribution in [2.45, 2.75) is 18.4 Å². The minimum absolute atomic E-state index is 0.0393. The Balaban J connectivity index is 2.89. The standard InChI is InChI=1S/C12H16FNO3/c1-17-11(15)9-12(16,7-8-14-13)10-5-3-2-4-6-10/h2-6,14,16H,7-9H2,1H3. The van der Waals surface area contributed by atoms with Crippen molar-refractivity contribution in [3.63, 3.8) is 0 Å². The second kappa shape index (κ2) is 6.32. The predicted octanol–water partition coefficient (Wildman–Crippen LogP) is 1.30. The molecule has 4 nitrogen and oxygen atoms in total. The van der Waals surface area contributed by atoms with E-state index in [4.69, 9.17) is 0 Å². The molecule has 0 spiro atoms. The summed E-state index contributed by atoms with van der Waals surface area (Å²) in [6, 6.07) is 8.69. The van der Waals surface area contributed by atoms with E-state index in [2.05, 4.69) is 4.74 Å². The van der Waals surface area contributed by atoms with Crippen molar-refractivity contribution < 1.29 is 19.1 Å². The summed E-state index contributed by atoms with van der Waals surface area (Å²) in [4.78, 5) is 11.3. The van der Waals surface area contributed by atoms with Crippen LogP contribution in [0.1, 0.15) is 18.4 Å². The van der Waals surface area contributed by atoms with Gasteiger partial charge in [-0.3, -0.25) is 4.79 Å². The average molecular weight is 241 g/mol. The summed E-state index contributed by atoms with van der Waals surface area (Å²) in [6.45, 7) is -0.0393. The first-order chi connectivity index (χ1) is 8.12. The molecule has 0 bridgehead atoms. The number of halogens is 1. The van der Waals surface area contributed by atoms with Crippen LogP contribution in [0.2, 0.25) is 0 Å². The van der Waals surface area contributed by atoms with Gasteiger partial charge in [-0.15, -0.1) is 4.48 Å². The summed E-state index contributed by atoms with van der Waals surface area (Å²) in [7, 11) is 1.25. The molecule has 0 aliphatic carbocycles. The molecule has 0 saturated heterocycles. The Kier molecular flexibility index (Phi) is 5.06. The molecule has 0 aliphatic rings. The molecular weight excluding hydrogens is 225 g/mol. The first-order valence-corrected chi connectivity index (χ1v) is 5.30. The van der Waals surface area contributed by atoms with Crippen molar-refractivity contribution >= 4 is 5.97 Å². The minimum Gasteiger partial charge on any atom is -0.469 e. The van der Waals surface area contributed by atoms with Crippen molar-refractivity contribution in [2.75, 3.05) is 13.7 Å². The zero-order chi connectivity index (χ0) is 12.7. The Morgan fingerprint density at radius 2 is 2.12 bits per heavy atom. The number of benzene rings is 1. The van der Waals surface area contributed by atoms with Crippen LogP contribution in [0.3, 0.4) is 0 Å². The van der Waals surface area contributed by atoms with E-state index in [1.807, 2.05) is 0 Å². The number of rotatable bonds is 6. The first-order valence-electron chi connectivity index (χ1n) is 5.30. The smallest absolute Gasteiger partial charge is 0.308 e. The van der Waals surface area contributed by atoms with E-state index in [1.54, 1.807) is 30.3 Å². The van der Waals surface area contributed by atoms with Crippen molar-refractivity contribution in [1.82, 2.24) is 5.54 Å². The van der Waals surface area contributed by atoms with Gasteiger partial charge in [-0.2, -0.15) is 5.54 Å². The quantitative estimate of drug-likeness (QED) is 0.582. The lowest BCUT2D eigenvalue weighted by Gasteiger charge is -2.27. The van der Waals surface area contributed by atoms with Gasteiger partial charge in [-0.1, -0.05) is 30.3 Å². The van der Waals surface area contributed by atoms with Crippen molar-refractivity contribution in [2.24, 2.45) is 0 Å². The van der Waals surface area contributed by atoms with E-state index in [-0.39, 0.29) is 19.4 Å². The van der Waals surface area contributed by atoms with Gasteiger partial charge in [0.25, 0.3) is 0 Å². The van der Waals surface area contributed by atoms with Gasteiger partial charge in [0, 0.05) is 6.54 Å². The van der Waals surface area contributed by atoms with Crippen LogP contribution in [-0.4, -0.2) is 24.7 Å². The Labute approximate surface area is 99.3 Å². The Morgan fingerprint density at radius 3 is 2.65 bits per heavy atom. The fourth-order valence-electron chi connectivity index (χ4n) is 1.65. The second-order valence-electron chi connectivity index (χ2n) is 3.78. The van der Waals surface area contributed by atoms with Gasteiger partial charge >= 0.3 is 5.97 Å².